The highest BCUT2D eigenvalue weighted by Crippen LogP contribution is 2.14. The average molecular weight is 240 g/mol. The molecule has 1 aromatic carbocycles. The van der Waals surface area contributed by atoms with Crippen LogP contribution in [0.15, 0.2) is 24.3 Å². The number of nitro benzene ring substituents is 1. The van der Waals surface area contributed by atoms with Crippen LogP contribution in [0.2, 0.25) is 5.02 Å². The van der Waals surface area contributed by atoms with E-state index in [4.69, 9.17) is 24.6 Å². The standard InChI is InChI=1S/C6H4ClNO2.H2O3S/c7-5-1-3-6(4-2-5)8(9)10;1-4(2)3/h1-4H;4H,(H,1,2,3). The minimum absolute atomic E-state index is 0.0596. The molecule has 0 aliphatic heterocycles. The summed E-state index contributed by atoms with van der Waals surface area (Å²) >= 11 is 5.49. The molecule has 0 aliphatic rings. The number of hydrogen-bond acceptors (Lipinski definition) is 4. The zero-order chi connectivity index (χ0) is 11.1. The van der Waals surface area contributed by atoms with E-state index in [2.05, 4.69) is 0 Å². The van der Waals surface area contributed by atoms with E-state index in [1.54, 1.807) is 0 Å². The summed E-state index contributed by atoms with van der Waals surface area (Å²) in [5.74, 6) is 0. The van der Waals surface area contributed by atoms with Crippen molar-refractivity contribution < 1.29 is 17.9 Å². The van der Waals surface area contributed by atoms with Gasteiger partial charge >= 0.3 is 0 Å². The third-order valence-corrected chi connectivity index (χ3v) is 1.29. The first-order valence-electron chi connectivity index (χ1n) is 3.16. The summed E-state index contributed by atoms with van der Waals surface area (Å²) in [6.45, 7) is 0. The third-order valence-electron chi connectivity index (χ3n) is 1.04. The van der Waals surface area contributed by atoms with Crippen molar-refractivity contribution in [3.05, 3.63) is 39.4 Å². The fraction of sp³-hybridized carbons (Fsp3) is 0. The monoisotopic (exact) mass is 239 g/mol. The predicted molar refractivity (Wildman–Crippen MR) is 51.1 cm³/mol. The third kappa shape index (κ3) is 6.35. The molecule has 1 aromatic rings. The average Bonchev–Trinajstić information content (AvgIpc) is 2.03. The highest BCUT2D eigenvalue weighted by atomic mass is 35.5. The smallest absolute Gasteiger partial charge is 0.269 e. The van der Waals surface area contributed by atoms with E-state index < -0.39 is 15.9 Å². The molecular weight excluding hydrogens is 234 g/mol. The molecule has 0 aliphatic carbocycles. The lowest BCUT2D eigenvalue weighted by molar-refractivity contribution is -0.384. The minimum Gasteiger partial charge on any atom is -0.288 e. The van der Waals surface area contributed by atoms with E-state index in [0.29, 0.717) is 5.02 Å². The van der Waals surface area contributed by atoms with Crippen molar-refractivity contribution >= 4 is 28.3 Å². The zero-order valence-electron chi connectivity index (χ0n) is 6.66. The molecule has 0 aromatic heterocycles. The van der Waals surface area contributed by atoms with Gasteiger partial charge < -0.3 is 0 Å². The fourth-order valence-electron chi connectivity index (χ4n) is 0.563. The zero-order valence-corrected chi connectivity index (χ0v) is 8.31. The molecule has 0 fully saturated rings. The predicted octanol–water partition coefficient (Wildman–Crippen LogP) is 1.32. The first-order valence-corrected chi connectivity index (χ1v) is 4.67. The van der Waals surface area contributed by atoms with Crippen LogP contribution in [-0.2, 0) is 11.0 Å². The Kier molecular flexibility index (Phi) is 5.77. The van der Waals surface area contributed by atoms with Crippen LogP contribution >= 0.6 is 11.6 Å². The summed E-state index contributed by atoms with van der Waals surface area (Å²) < 4.78 is 24.2. The molecule has 0 unspecified atom stereocenters. The van der Waals surface area contributed by atoms with Crippen LogP contribution in [0.3, 0.4) is 0 Å². The van der Waals surface area contributed by atoms with Gasteiger partial charge in [0.1, 0.15) is 0 Å². The second-order valence-corrected chi connectivity index (χ2v) is 2.88. The summed E-state index contributed by atoms with van der Waals surface area (Å²) in [7, 11) is -3.12. The molecule has 78 valence electrons. The maximum Gasteiger partial charge on any atom is 0.269 e. The Hall–Kier alpha value is -1.18. The van der Waals surface area contributed by atoms with Crippen molar-refractivity contribution in [3.8, 4) is 0 Å². The fourth-order valence-corrected chi connectivity index (χ4v) is 0.689. The Bertz CT molecular complexity index is 366. The van der Waals surface area contributed by atoms with Gasteiger partial charge in [0.2, 0.25) is 0 Å². The highest BCUT2D eigenvalue weighted by Gasteiger charge is 2.01. The number of benzene rings is 1. The highest BCUT2D eigenvalue weighted by molar-refractivity contribution is 7.66. The Morgan fingerprint density at radius 1 is 1.29 bits per heavy atom. The molecule has 0 atom stereocenters. The van der Waals surface area contributed by atoms with Crippen LogP contribution < -0.4 is 0 Å². The summed E-state index contributed by atoms with van der Waals surface area (Å²) in [5.41, 5.74) is 0.0596. The van der Waals surface area contributed by atoms with Crippen molar-refractivity contribution in [2.75, 3.05) is 0 Å². The van der Waals surface area contributed by atoms with Crippen LogP contribution in [0.25, 0.3) is 0 Å². The minimum atomic E-state index is -3.12. The molecule has 6 nitrogen and oxygen atoms in total. The summed E-state index contributed by atoms with van der Waals surface area (Å²) in [5, 5.41) is 10.6. The van der Waals surface area contributed by atoms with Gasteiger partial charge in [-0.15, -0.1) is 0 Å². The lowest BCUT2D eigenvalue weighted by Gasteiger charge is -1.88. The van der Waals surface area contributed by atoms with E-state index in [-0.39, 0.29) is 5.69 Å². The van der Waals surface area contributed by atoms with Crippen LogP contribution in [0.4, 0.5) is 5.69 Å². The van der Waals surface area contributed by atoms with Crippen molar-refractivity contribution in [1.29, 1.82) is 0 Å². The molecule has 0 bridgehead atoms. The van der Waals surface area contributed by atoms with Gasteiger partial charge in [-0.3, -0.25) is 14.7 Å². The first kappa shape index (κ1) is 12.8. The molecule has 8 heteroatoms. The Morgan fingerprint density at radius 2 is 1.64 bits per heavy atom. The lowest BCUT2D eigenvalue weighted by atomic mass is 10.3. The van der Waals surface area contributed by atoms with Crippen molar-refractivity contribution in [2.24, 2.45) is 0 Å². The number of thiol groups is 1. The Balaban J connectivity index is 0.000000364. The van der Waals surface area contributed by atoms with Crippen LogP contribution in [0, 0.1) is 10.1 Å². The second-order valence-electron chi connectivity index (χ2n) is 1.97. The number of non-ortho nitro benzene ring substituents is 1. The molecule has 0 spiro atoms. The Morgan fingerprint density at radius 3 is 1.93 bits per heavy atom. The van der Waals surface area contributed by atoms with Gasteiger partial charge in [0, 0.05) is 17.2 Å². The maximum absolute atomic E-state index is 10.1. The summed E-state index contributed by atoms with van der Waals surface area (Å²) in [4.78, 5) is 9.61. The first-order chi connectivity index (χ1) is 6.43. The SMILES string of the molecule is O=[N+]([O-])c1ccc(Cl)cc1.O=[SH](=O)O. The molecule has 0 amide bonds. The van der Waals surface area contributed by atoms with E-state index >= 15 is 0 Å². The number of nitro groups is 1. The quantitative estimate of drug-likeness (QED) is 0.333. The van der Waals surface area contributed by atoms with Gasteiger partial charge in [-0.1, -0.05) is 11.6 Å². The van der Waals surface area contributed by atoms with Gasteiger partial charge in [0.25, 0.3) is 16.7 Å². The Labute approximate surface area is 86.1 Å². The lowest BCUT2D eigenvalue weighted by Crippen LogP contribution is -1.85. The molecule has 0 saturated heterocycles. The van der Waals surface area contributed by atoms with Gasteiger partial charge in [-0.25, -0.2) is 8.42 Å². The van der Waals surface area contributed by atoms with E-state index in [0.717, 1.165) is 0 Å². The molecule has 0 heterocycles. The maximum atomic E-state index is 10.1. The van der Waals surface area contributed by atoms with E-state index in [1.807, 2.05) is 0 Å². The van der Waals surface area contributed by atoms with E-state index in [1.165, 1.54) is 24.3 Å². The number of nitrogens with zero attached hydrogens (tertiary/aromatic N) is 1. The molecule has 1 rings (SSSR count). The molecule has 0 radical (unpaired) electrons. The van der Waals surface area contributed by atoms with Crippen molar-refractivity contribution in [1.82, 2.24) is 0 Å². The number of halogens is 1. The summed E-state index contributed by atoms with van der Waals surface area (Å²) in [6, 6.07) is 5.70. The van der Waals surface area contributed by atoms with Gasteiger partial charge in [0.05, 0.1) is 4.92 Å². The van der Waals surface area contributed by atoms with Crippen LogP contribution in [0.5, 0.6) is 0 Å². The summed E-state index contributed by atoms with van der Waals surface area (Å²) in [6.07, 6.45) is 0. The second kappa shape index (κ2) is 6.30. The molecule has 14 heavy (non-hydrogen) atoms. The van der Waals surface area contributed by atoms with Gasteiger partial charge in [-0.05, 0) is 12.1 Å². The number of rotatable bonds is 1. The van der Waals surface area contributed by atoms with Crippen LogP contribution in [-0.4, -0.2) is 17.9 Å². The molecule has 0 saturated carbocycles. The number of hydrogen-bond donors (Lipinski definition) is 2. The van der Waals surface area contributed by atoms with Crippen molar-refractivity contribution in [3.63, 3.8) is 0 Å². The van der Waals surface area contributed by atoms with Gasteiger partial charge in [-0.2, -0.15) is 0 Å². The van der Waals surface area contributed by atoms with E-state index in [9.17, 15) is 10.1 Å². The largest absolute Gasteiger partial charge is 0.288 e. The van der Waals surface area contributed by atoms with Crippen molar-refractivity contribution in [2.45, 2.75) is 0 Å². The van der Waals surface area contributed by atoms with Crippen LogP contribution in [0.1, 0.15) is 0 Å². The molecule has 1 N–H and O–H groups in total. The van der Waals surface area contributed by atoms with Gasteiger partial charge in [0.15, 0.2) is 0 Å². The molecular formula is C6H6ClNO5S. The topological polar surface area (TPSA) is 97.5 Å². The normalized spacial score (nSPS) is 9.07.